The van der Waals surface area contributed by atoms with E-state index in [9.17, 15) is 4.79 Å². The summed E-state index contributed by atoms with van der Waals surface area (Å²) in [6, 6.07) is 17.3. The fraction of sp³-hybridized carbons (Fsp3) is 0.0714. The highest BCUT2D eigenvalue weighted by Crippen LogP contribution is 2.17. The number of para-hydroxylation sites is 1. The van der Waals surface area contributed by atoms with Crippen LogP contribution in [0.5, 0.6) is 5.75 Å². The summed E-state index contributed by atoms with van der Waals surface area (Å²) < 4.78 is 5.21. The first-order valence-corrected chi connectivity index (χ1v) is 6.93. The van der Waals surface area contributed by atoms with Crippen molar-refractivity contribution < 1.29 is 9.53 Å². The second-order valence-electron chi connectivity index (χ2n) is 3.79. The number of rotatable bonds is 4. The second kappa shape index (κ2) is 5.45. The largest absolute Gasteiger partial charge is 0.496 e. The number of carbonyl (C=O) groups excluding carboxylic acids is 1. The van der Waals surface area contributed by atoms with Gasteiger partial charge in [0, 0.05) is 0 Å². The summed E-state index contributed by atoms with van der Waals surface area (Å²) in [5.74, 6) is 0.668. The van der Waals surface area contributed by atoms with Crippen molar-refractivity contribution >= 4 is 20.1 Å². The predicted molar refractivity (Wildman–Crippen MR) is 71.9 cm³/mol. The molecule has 2 aromatic rings. The van der Waals surface area contributed by atoms with Crippen molar-refractivity contribution in [2.24, 2.45) is 0 Å². The molecule has 2 aromatic carbocycles. The van der Waals surface area contributed by atoms with E-state index >= 15 is 0 Å². The molecule has 0 fully saturated rings. The molecule has 0 heterocycles. The lowest BCUT2D eigenvalue weighted by Gasteiger charge is -2.06. The maximum atomic E-state index is 12.2. The minimum atomic E-state index is -0.935. The highest BCUT2D eigenvalue weighted by molar-refractivity contribution is 6.87. The zero-order valence-electron chi connectivity index (χ0n) is 9.72. The van der Waals surface area contributed by atoms with Gasteiger partial charge in [0.15, 0.2) is 0 Å². The molecular formula is C14H14O2Si. The van der Waals surface area contributed by atoms with Crippen LogP contribution in [-0.4, -0.2) is 22.0 Å². The number of methoxy groups -OCH3 is 1. The molecular weight excluding hydrogens is 228 g/mol. The van der Waals surface area contributed by atoms with Crippen LogP contribution in [0.3, 0.4) is 0 Å². The molecule has 0 amide bonds. The normalized spacial score (nSPS) is 10.6. The third kappa shape index (κ3) is 2.82. The molecule has 0 aliphatic rings. The van der Waals surface area contributed by atoms with E-state index in [0.717, 1.165) is 5.19 Å². The van der Waals surface area contributed by atoms with Crippen LogP contribution in [-0.2, 0) is 0 Å². The minimum Gasteiger partial charge on any atom is -0.496 e. The van der Waals surface area contributed by atoms with Crippen LogP contribution in [0.15, 0.2) is 54.6 Å². The first-order valence-electron chi connectivity index (χ1n) is 5.51. The van der Waals surface area contributed by atoms with E-state index < -0.39 is 9.52 Å². The molecule has 0 spiro atoms. The molecule has 0 radical (unpaired) electrons. The van der Waals surface area contributed by atoms with Crippen molar-refractivity contribution in [3.8, 4) is 5.75 Å². The molecule has 0 unspecified atom stereocenters. The Kier molecular flexibility index (Phi) is 3.72. The number of hydrogen-bond acceptors (Lipinski definition) is 2. The molecule has 0 bridgehead atoms. The summed E-state index contributed by atoms with van der Waals surface area (Å²) in [7, 11) is 0.659. The van der Waals surface area contributed by atoms with E-state index in [4.69, 9.17) is 4.74 Å². The van der Waals surface area contributed by atoms with Crippen LogP contribution in [0.25, 0.3) is 0 Å². The Morgan fingerprint density at radius 2 is 1.65 bits per heavy atom. The molecule has 0 aliphatic carbocycles. The van der Waals surface area contributed by atoms with Gasteiger partial charge in [-0.15, -0.1) is 0 Å². The van der Waals surface area contributed by atoms with Crippen LogP contribution < -0.4 is 9.92 Å². The van der Waals surface area contributed by atoms with Crippen LogP contribution in [0, 0.1) is 0 Å². The van der Waals surface area contributed by atoms with Crippen molar-refractivity contribution in [3.63, 3.8) is 0 Å². The van der Waals surface area contributed by atoms with Crippen LogP contribution in [0.1, 0.15) is 10.4 Å². The molecule has 0 saturated carbocycles. The standard InChI is InChI=1S/C14H14O2Si/c1-16-13-10-6-5-9-12(13)14(15)17-11-7-3-2-4-8-11/h2-10H,17H2,1H3. The highest BCUT2D eigenvalue weighted by Gasteiger charge is 2.11. The van der Waals surface area contributed by atoms with Crippen LogP contribution in [0.4, 0.5) is 0 Å². The molecule has 0 aliphatic heterocycles. The van der Waals surface area contributed by atoms with Gasteiger partial charge in [-0.05, 0) is 12.1 Å². The number of hydrogen-bond donors (Lipinski definition) is 0. The molecule has 86 valence electrons. The van der Waals surface area contributed by atoms with E-state index in [0.29, 0.717) is 11.3 Å². The maximum Gasteiger partial charge on any atom is 0.141 e. The van der Waals surface area contributed by atoms with Crippen molar-refractivity contribution in [1.29, 1.82) is 0 Å². The summed E-state index contributed by atoms with van der Waals surface area (Å²) in [6.45, 7) is 0. The lowest BCUT2D eigenvalue weighted by Crippen LogP contribution is -2.23. The monoisotopic (exact) mass is 242 g/mol. The SMILES string of the molecule is COc1ccccc1C(=O)[SiH2]c1ccccc1. The van der Waals surface area contributed by atoms with Crippen molar-refractivity contribution in [2.75, 3.05) is 7.11 Å². The molecule has 0 aromatic heterocycles. The van der Waals surface area contributed by atoms with E-state index in [1.807, 2.05) is 54.6 Å². The Labute approximate surface area is 103 Å². The van der Waals surface area contributed by atoms with E-state index in [1.165, 1.54) is 0 Å². The van der Waals surface area contributed by atoms with E-state index in [2.05, 4.69) is 0 Å². The highest BCUT2D eigenvalue weighted by atomic mass is 28.2. The maximum absolute atomic E-state index is 12.2. The molecule has 0 atom stereocenters. The summed E-state index contributed by atoms with van der Waals surface area (Å²) >= 11 is 0. The van der Waals surface area contributed by atoms with Gasteiger partial charge >= 0.3 is 0 Å². The van der Waals surface area contributed by atoms with Crippen molar-refractivity contribution in [2.45, 2.75) is 0 Å². The first-order chi connectivity index (χ1) is 8.31. The third-order valence-electron chi connectivity index (χ3n) is 2.61. The lowest BCUT2D eigenvalue weighted by molar-refractivity contribution is 0.107. The van der Waals surface area contributed by atoms with Crippen molar-refractivity contribution in [1.82, 2.24) is 0 Å². The average Bonchev–Trinajstić information content (AvgIpc) is 2.40. The Morgan fingerprint density at radius 1 is 1.00 bits per heavy atom. The van der Waals surface area contributed by atoms with E-state index in [-0.39, 0.29) is 5.41 Å². The summed E-state index contributed by atoms with van der Waals surface area (Å²) in [4.78, 5) is 12.2. The Hall–Kier alpha value is -1.87. The lowest BCUT2D eigenvalue weighted by atomic mass is 10.2. The van der Waals surface area contributed by atoms with Crippen molar-refractivity contribution in [3.05, 3.63) is 60.2 Å². The van der Waals surface area contributed by atoms with Gasteiger partial charge in [0.05, 0.1) is 12.7 Å². The van der Waals surface area contributed by atoms with Gasteiger partial charge in [0.1, 0.15) is 20.7 Å². The van der Waals surface area contributed by atoms with Gasteiger partial charge < -0.3 is 9.53 Å². The molecule has 0 saturated heterocycles. The third-order valence-corrected chi connectivity index (χ3v) is 4.20. The zero-order valence-corrected chi connectivity index (χ0v) is 11.1. The topological polar surface area (TPSA) is 26.3 Å². The molecule has 2 nitrogen and oxygen atoms in total. The van der Waals surface area contributed by atoms with Gasteiger partial charge in [-0.2, -0.15) is 0 Å². The second-order valence-corrected chi connectivity index (χ2v) is 5.60. The van der Waals surface area contributed by atoms with Gasteiger partial charge in [-0.25, -0.2) is 0 Å². The Morgan fingerprint density at radius 3 is 2.35 bits per heavy atom. The average molecular weight is 242 g/mol. The van der Waals surface area contributed by atoms with Gasteiger partial charge in [0.2, 0.25) is 0 Å². The minimum absolute atomic E-state index is 0.216. The Balaban J connectivity index is 2.20. The molecule has 0 N–H and O–H groups in total. The zero-order chi connectivity index (χ0) is 12.1. The van der Waals surface area contributed by atoms with Gasteiger partial charge in [-0.3, -0.25) is 0 Å². The number of ether oxygens (including phenoxy) is 1. The van der Waals surface area contributed by atoms with Gasteiger partial charge in [0.25, 0.3) is 0 Å². The summed E-state index contributed by atoms with van der Waals surface area (Å²) in [5.41, 5.74) is 0.700. The Bertz CT molecular complexity index is 509. The quantitative estimate of drug-likeness (QED) is 0.756. The summed E-state index contributed by atoms with van der Waals surface area (Å²) in [5, 5.41) is 1.37. The molecule has 2 rings (SSSR count). The van der Waals surface area contributed by atoms with Crippen LogP contribution >= 0.6 is 0 Å². The molecule has 3 heteroatoms. The number of carbonyl (C=O) groups is 1. The van der Waals surface area contributed by atoms with Crippen LogP contribution in [0.2, 0.25) is 0 Å². The first kappa shape index (κ1) is 11.6. The fourth-order valence-corrected chi connectivity index (χ4v) is 3.11. The van der Waals surface area contributed by atoms with E-state index in [1.54, 1.807) is 7.11 Å². The summed E-state index contributed by atoms with van der Waals surface area (Å²) in [6.07, 6.45) is 0. The smallest absolute Gasteiger partial charge is 0.141 e. The predicted octanol–water partition coefficient (Wildman–Crippen LogP) is 1.33. The number of benzene rings is 2. The molecule has 17 heavy (non-hydrogen) atoms. The fourth-order valence-electron chi connectivity index (χ4n) is 1.75. The van der Waals surface area contributed by atoms with Gasteiger partial charge in [-0.1, -0.05) is 47.7 Å².